The van der Waals surface area contributed by atoms with Crippen LogP contribution in [-0.2, 0) is 20.9 Å². The van der Waals surface area contributed by atoms with Gasteiger partial charge in [0.05, 0.1) is 13.7 Å². The fraction of sp³-hybridized carbons (Fsp3) is 0.222. The number of rotatable bonds is 6. The highest BCUT2D eigenvalue weighted by Crippen LogP contribution is 2.30. The fourth-order valence-electron chi connectivity index (χ4n) is 2.59. The van der Waals surface area contributed by atoms with Gasteiger partial charge in [-0.05, 0) is 29.8 Å². The van der Waals surface area contributed by atoms with Crippen molar-refractivity contribution in [2.75, 3.05) is 12.0 Å². The molecule has 2 aromatic rings. The quantitative estimate of drug-likeness (QED) is 0.606. The smallest absolute Gasteiger partial charge is 0.259 e. The summed E-state index contributed by atoms with van der Waals surface area (Å²) in [5.41, 5.74) is 1.63. The van der Waals surface area contributed by atoms with Crippen molar-refractivity contribution >= 4 is 17.9 Å². The monoisotopic (exact) mass is 311 g/mol. The molecular weight excluding hydrogens is 294 g/mol. The lowest BCUT2D eigenvalue weighted by atomic mass is 9.97. The van der Waals surface area contributed by atoms with Gasteiger partial charge in [-0.25, -0.2) is 0 Å². The van der Waals surface area contributed by atoms with Crippen LogP contribution in [0.3, 0.4) is 0 Å². The van der Waals surface area contributed by atoms with Gasteiger partial charge >= 0.3 is 0 Å². The molecule has 1 amide bonds. The van der Waals surface area contributed by atoms with E-state index in [1.54, 1.807) is 31.4 Å². The lowest BCUT2D eigenvalue weighted by molar-refractivity contribution is -0.146. The summed E-state index contributed by atoms with van der Waals surface area (Å²) < 4.78 is 10.7. The molecule has 1 saturated heterocycles. The first-order chi connectivity index (χ1) is 11.2. The predicted molar refractivity (Wildman–Crippen MR) is 85.4 cm³/mol. The Hall–Kier alpha value is -2.66. The van der Waals surface area contributed by atoms with Gasteiger partial charge in [0, 0.05) is 5.69 Å². The molecule has 0 aliphatic carbocycles. The number of nitrogens with zero attached hydrogens (tertiary/aromatic N) is 1. The maximum atomic E-state index is 12.3. The summed E-state index contributed by atoms with van der Waals surface area (Å²) in [4.78, 5) is 25.1. The van der Waals surface area contributed by atoms with Gasteiger partial charge in [0.25, 0.3) is 5.91 Å². The third-order valence-electron chi connectivity index (χ3n) is 3.85. The van der Waals surface area contributed by atoms with Crippen LogP contribution >= 0.6 is 0 Å². The van der Waals surface area contributed by atoms with Crippen molar-refractivity contribution in [3.05, 3.63) is 60.2 Å². The number of ether oxygens (including phenoxy) is 2. The SMILES string of the molecule is COc1ccc(N2C(=O)[C@@H](OCc3ccccc3)[C@H]2C=O)cc1. The average molecular weight is 311 g/mol. The van der Waals surface area contributed by atoms with Crippen LogP contribution in [0.15, 0.2) is 54.6 Å². The molecule has 0 spiro atoms. The van der Waals surface area contributed by atoms with Crippen molar-refractivity contribution in [1.82, 2.24) is 0 Å². The van der Waals surface area contributed by atoms with E-state index < -0.39 is 12.1 Å². The lowest BCUT2D eigenvalue weighted by Gasteiger charge is -2.43. The molecule has 0 unspecified atom stereocenters. The highest BCUT2D eigenvalue weighted by atomic mass is 16.5. The van der Waals surface area contributed by atoms with E-state index in [9.17, 15) is 9.59 Å². The molecule has 1 aliphatic heterocycles. The van der Waals surface area contributed by atoms with Crippen LogP contribution in [0, 0.1) is 0 Å². The molecule has 1 aliphatic rings. The van der Waals surface area contributed by atoms with Crippen LogP contribution in [0.5, 0.6) is 5.75 Å². The Labute approximate surface area is 134 Å². The Morgan fingerprint density at radius 2 is 1.78 bits per heavy atom. The van der Waals surface area contributed by atoms with E-state index in [4.69, 9.17) is 9.47 Å². The lowest BCUT2D eigenvalue weighted by Crippen LogP contribution is -2.66. The zero-order valence-corrected chi connectivity index (χ0v) is 12.7. The van der Waals surface area contributed by atoms with Crippen LogP contribution in [0.1, 0.15) is 5.56 Å². The number of carbonyl (C=O) groups excluding carboxylic acids is 2. The number of amides is 1. The van der Waals surface area contributed by atoms with E-state index in [2.05, 4.69) is 0 Å². The number of β-lactam (4-membered cyclic amide) rings is 1. The van der Waals surface area contributed by atoms with Gasteiger partial charge in [0.1, 0.15) is 18.1 Å². The van der Waals surface area contributed by atoms with Gasteiger partial charge in [-0.1, -0.05) is 30.3 Å². The number of anilines is 1. The van der Waals surface area contributed by atoms with Crippen LogP contribution < -0.4 is 9.64 Å². The predicted octanol–water partition coefficient (Wildman–Crippen LogP) is 2.19. The summed E-state index contributed by atoms with van der Waals surface area (Å²) >= 11 is 0. The van der Waals surface area contributed by atoms with Crippen molar-refractivity contribution in [2.45, 2.75) is 18.8 Å². The van der Waals surface area contributed by atoms with Gasteiger partial charge in [0.2, 0.25) is 0 Å². The van der Waals surface area contributed by atoms with Crippen LogP contribution in [0.25, 0.3) is 0 Å². The second-order valence-electron chi connectivity index (χ2n) is 5.25. The van der Waals surface area contributed by atoms with Gasteiger partial charge in [-0.2, -0.15) is 0 Å². The van der Waals surface area contributed by atoms with Crippen molar-refractivity contribution in [1.29, 1.82) is 0 Å². The summed E-state index contributed by atoms with van der Waals surface area (Å²) in [7, 11) is 1.57. The Morgan fingerprint density at radius 3 is 2.39 bits per heavy atom. The van der Waals surface area contributed by atoms with E-state index in [1.165, 1.54) is 4.90 Å². The highest BCUT2D eigenvalue weighted by Gasteiger charge is 2.49. The van der Waals surface area contributed by atoms with E-state index in [1.807, 2.05) is 30.3 Å². The minimum Gasteiger partial charge on any atom is -0.497 e. The molecule has 2 atom stereocenters. The van der Waals surface area contributed by atoms with Gasteiger partial charge in [0.15, 0.2) is 6.10 Å². The summed E-state index contributed by atoms with van der Waals surface area (Å²) in [6.45, 7) is 0.304. The zero-order chi connectivity index (χ0) is 16.2. The number of carbonyl (C=O) groups is 2. The van der Waals surface area contributed by atoms with Gasteiger partial charge in [-0.3, -0.25) is 9.69 Å². The van der Waals surface area contributed by atoms with Crippen molar-refractivity contribution in [3.63, 3.8) is 0 Å². The van der Waals surface area contributed by atoms with Gasteiger partial charge < -0.3 is 14.3 Å². The maximum Gasteiger partial charge on any atom is 0.259 e. The van der Waals surface area contributed by atoms with Crippen LogP contribution in [0.2, 0.25) is 0 Å². The Balaban J connectivity index is 1.68. The second kappa shape index (κ2) is 6.62. The van der Waals surface area contributed by atoms with E-state index in [0.29, 0.717) is 18.0 Å². The molecule has 0 aromatic heterocycles. The van der Waals surface area contributed by atoms with E-state index >= 15 is 0 Å². The number of hydrogen-bond acceptors (Lipinski definition) is 4. The van der Waals surface area contributed by atoms with E-state index in [0.717, 1.165) is 11.8 Å². The zero-order valence-electron chi connectivity index (χ0n) is 12.7. The largest absolute Gasteiger partial charge is 0.497 e. The Kier molecular flexibility index (Phi) is 4.39. The van der Waals surface area contributed by atoms with Crippen molar-refractivity contribution in [3.8, 4) is 5.75 Å². The minimum absolute atomic E-state index is 0.205. The molecule has 3 rings (SSSR count). The summed E-state index contributed by atoms with van der Waals surface area (Å²) in [6.07, 6.45) is 0.0243. The van der Waals surface area contributed by atoms with Crippen LogP contribution in [0.4, 0.5) is 5.69 Å². The average Bonchev–Trinajstić information content (AvgIpc) is 2.61. The molecule has 118 valence electrons. The van der Waals surface area contributed by atoms with Crippen molar-refractivity contribution in [2.24, 2.45) is 0 Å². The molecule has 1 heterocycles. The summed E-state index contributed by atoms with van der Waals surface area (Å²) in [6, 6.07) is 16.0. The number of methoxy groups -OCH3 is 1. The third kappa shape index (κ3) is 2.96. The molecule has 0 saturated carbocycles. The number of aldehydes is 1. The van der Waals surface area contributed by atoms with Crippen LogP contribution in [-0.4, -0.2) is 31.4 Å². The first-order valence-corrected chi connectivity index (χ1v) is 7.32. The first kappa shape index (κ1) is 15.2. The molecule has 2 aromatic carbocycles. The van der Waals surface area contributed by atoms with Gasteiger partial charge in [-0.15, -0.1) is 0 Å². The molecule has 5 heteroatoms. The third-order valence-corrected chi connectivity index (χ3v) is 3.85. The summed E-state index contributed by atoms with van der Waals surface area (Å²) in [5.74, 6) is 0.490. The first-order valence-electron chi connectivity index (χ1n) is 7.32. The molecule has 23 heavy (non-hydrogen) atoms. The maximum absolute atomic E-state index is 12.3. The van der Waals surface area contributed by atoms with Crippen molar-refractivity contribution < 1.29 is 19.1 Å². The topological polar surface area (TPSA) is 55.8 Å². The molecule has 0 N–H and O–H groups in total. The molecule has 1 fully saturated rings. The number of benzene rings is 2. The van der Waals surface area contributed by atoms with E-state index in [-0.39, 0.29) is 5.91 Å². The normalized spacial score (nSPS) is 20.0. The minimum atomic E-state index is -0.727. The standard InChI is InChI=1S/C18H17NO4/c1-22-15-9-7-14(8-10-15)19-16(11-20)17(18(19)21)23-12-13-5-3-2-4-6-13/h2-11,16-17H,12H2,1H3/t16-,17+/m1/s1. The Bertz CT molecular complexity index is 684. The second-order valence-corrected chi connectivity index (χ2v) is 5.25. The molecule has 5 nitrogen and oxygen atoms in total. The Morgan fingerprint density at radius 1 is 1.09 bits per heavy atom. The number of hydrogen-bond donors (Lipinski definition) is 0. The highest BCUT2D eigenvalue weighted by molar-refractivity contribution is 6.10. The molecule has 0 radical (unpaired) electrons. The fourth-order valence-corrected chi connectivity index (χ4v) is 2.59. The summed E-state index contributed by atoms with van der Waals surface area (Å²) in [5, 5.41) is 0. The molecule has 0 bridgehead atoms. The molecular formula is C18H17NO4.